The molecule has 28 heavy (non-hydrogen) atoms. The maximum absolute atomic E-state index is 12.6. The second-order valence-electron chi connectivity index (χ2n) is 7.51. The lowest BCUT2D eigenvalue weighted by molar-refractivity contribution is 0.0991. The summed E-state index contributed by atoms with van der Waals surface area (Å²) in [6.07, 6.45) is 5.06. The standard InChI is InChI=1S/C21H22N6O/c1-3-21-10-7-11-26(21)19-16(27-14(2)24-25-20(21)27)13-22-18(23-19)12-17(28)15-8-5-4-6-9-15/h4-6,8-9,13H,3,7,10-12H2,1-2H3. The van der Waals surface area contributed by atoms with E-state index in [0.29, 0.717) is 11.4 Å². The second kappa shape index (κ2) is 6.22. The number of aryl methyl sites for hydroxylation is 1. The van der Waals surface area contributed by atoms with E-state index >= 15 is 0 Å². The van der Waals surface area contributed by atoms with Crippen LogP contribution in [0.1, 0.15) is 54.0 Å². The average molecular weight is 374 g/mol. The summed E-state index contributed by atoms with van der Waals surface area (Å²) in [4.78, 5) is 24.3. The van der Waals surface area contributed by atoms with Crippen molar-refractivity contribution in [3.05, 3.63) is 59.6 Å². The predicted molar refractivity (Wildman–Crippen MR) is 105 cm³/mol. The number of Topliss-reactive ketones (excluding diaryl/α,β-unsaturated/α-hetero) is 1. The molecule has 7 heteroatoms. The van der Waals surface area contributed by atoms with E-state index in [2.05, 4.69) is 31.6 Å². The molecule has 4 heterocycles. The highest BCUT2D eigenvalue weighted by molar-refractivity contribution is 5.97. The molecule has 0 radical (unpaired) electrons. The van der Waals surface area contributed by atoms with Crippen molar-refractivity contribution in [3.63, 3.8) is 0 Å². The fourth-order valence-corrected chi connectivity index (χ4v) is 4.61. The first-order valence-electron chi connectivity index (χ1n) is 9.79. The van der Waals surface area contributed by atoms with Crippen molar-refractivity contribution in [2.24, 2.45) is 0 Å². The largest absolute Gasteiger partial charge is 0.342 e. The lowest BCUT2D eigenvalue weighted by atomic mass is 9.90. The van der Waals surface area contributed by atoms with Gasteiger partial charge in [0, 0.05) is 12.1 Å². The summed E-state index contributed by atoms with van der Waals surface area (Å²) in [5, 5.41) is 8.85. The van der Waals surface area contributed by atoms with Crippen molar-refractivity contribution in [1.29, 1.82) is 0 Å². The molecule has 0 amide bonds. The van der Waals surface area contributed by atoms with Crippen molar-refractivity contribution >= 4 is 11.6 Å². The molecule has 0 bridgehead atoms. The molecule has 2 aliphatic heterocycles. The monoisotopic (exact) mass is 374 g/mol. The zero-order chi connectivity index (χ0) is 19.3. The molecule has 0 N–H and O–H groups in total. The lowest BCUT2D eigenvalue weighted by Crippen LogP contribution is -2.47. The van der Waals surface area contributed by atoms with E-state index in [0.717, 1.165) is 49.0 Å². The molecule has 0 aliphatic carbocycles. The molecule has 1 unspecified atom stereocenters. The smallest absolute Gasteiger partial charge is 0.170 e. The topological polar surface area (TPSA) is 76.8 Å². The average Bonchev–Trinajstić information content (AvgIpc) is 3.33. The van der Waals surface area contributed by atoms with E-state index in [4.69, 9.17) is 4.98 Å². The van der Waals surface area contributed by atoms with Crippen LogP contribution in [0.15, 0.2) is 36.5 Å². The third-order valence-electron chi connectivity index (χ3n) is 6.03. The molecule has 1 saturated heterocycles. The number of ketones is 1. The Hall–Kier alpha value is -3.09. The SMILES string of the molecule is CCC12CCCN1c1nc(CC(=O)c3ccccc3)ncc1-n1c(C)nnc12. The molecule has 1 fully saturated rings. The van der Waals surface area contributed by atoms with Gasteiger partial charge in [-0.3, -0.25) is 9.36 Å². The molecule has 5 rings (SSSR count). The van der Waals surface area contributed by atoms with E-state index < -0.39 is 0 Å². The summed E-state index contributed by atoms with van der Waals surface area (Å²) < 4.78 is 2.09. The molecule has 0 saturated carbocycles. The van der Waals surface area contributed by atoms with Gasteiger partial charge in [-0.15, -0.1) is 10.2 Å². The number of anilines is 1. The van der Waals surface area contributed by atoms with Crippen LogP contribution in [0.5, 0.6) is 0 Å². The van der Waals surface area contributed by atoms with Gasteiger partial charge in [-0.2, -0.15) is 0 Å². The van der Waals surface area contributed by atoms with Crippen LogP contribution in [-0.2, 0) is 12.0 Å². The van der Waals surface area contributed by atoms with Crippen molar-refractivity contribution in [1.82, 2.24) is 24.7 Å². The number of benzene rings is 1. The van der Waals surface area contributed by atoms with Gasteiger partial charge in [-0.25, -0.2) is 9.97 Å². The fraction of sp³-hybridized carbons (Fsp3) is 0.381. The van der Waals surface area contributed by atoms with Gasteiger partial charge in [0.15, 0.2) is 17.4 Å². The van der Waals surface area contributed by atoms with Gasteiger partial charge in [-0.05, 0) is 26.2 Å². The van der Waals surface area contributed by atoms with E-state index in [9.17, 15) is 4.79 Å². The number of nitrogens with zero attached hydrogens (tertiary/aromatic N) is 6. The van der Waals surface area contributed by atoms with Crippen molar-refractivity contribution in [2.45, 2.75) is 45.1 Å². The Labute approximate surface area is 163 Å². The molecule has 7 nitrogen and oxygen atoms in total. The number of rotatable bonds is 4. The van der Waals surface area contributed by atoms with Gasteiger partial charge in [0.05, 0.1) is 12.6 Å². The summed E-state index contributed by atoms with van der Waals surface area (Å²) >= 11 is 0. The Morgan fingerprint density at radius 1 is 1.21 bits per heavy atom. The summed E-state index contributed by atoms with van der Waals surface area (Å²) in [5.74, 6) is 3.29. The molecule has 1 atom stereocenters. The van der Waals surface area contributed by atoms with Gasteiger partial charge in [-0.1, -0.05) is 37.3 Å². The zero-order valence-corrected chi connectivity index (χ0v) is 16.1. The molecular weight excluding hydrogens is 352 g/mol. The number of hydrogen-bond donors (Lipinski definition) is 0. The van der Waals surface area contributed by atoms with E-state index in [1.54, 1.807) is 0 Å². The van der Waals surface area contributed by atoms with Crippen molar-refractivity contribution in [3.8, 4) is 5.69 Å². The van der Waals surface area contributed by atoms with Gasteiger partial charge in [0.25, 0.3) is 0 Å². The number of aromatic nitrogens is 5. The molecule has 3 aromatic rings. The highest BCUT2D eigenvalue weighted by Gasteiger charge is 2.50. The van der Waals surface area contributed by atoms with Crippen LogP contribution < -0.4 is 4.90 Å². The van der Waals surface area contributed by atoms with Gasteiger partial charge in [0.2, 0.25) is 0 Å². The van der Waals surface area contributed by atoms with Crippen LogP contribution in [0.4, 0.5) is 5.82 Å². The fourth-order valence-electron chi connectivity index (χ4n) is 4.61. The predicted octanol–water partition coefficient (Wildman–Crippen LogP) is 3.01. The Morgan fingerprint density at radius 3 is 2.82 bits per heavy atom. The highest BCUT2D eigenvalue weighted by atomic mass is 16.1. The van der Waals surface area contributed by atoms with Crippen LogP contribution >= 0.6 is 0 Å². The first-order chi connectivity index (χ1) is 13.6. The molecule has 2 aromatic heterocycles. The minimum atomic E-state index is -0.177. The Morgan fingerprint density at radius 2 is 2.04 bits per heavy atom. The quantitative estimate of drug-likeness (QED) is 0.654. The van der Waals surface area contributed by atoms with Crippen molar-refractivity contribution in [2.75, 3.05) is 11.4 Å². The number of carbonyl (C=O) groups excluding carboxylic acids is 1. The maximum atomic E-state index is 12.6. The third-order valence-corrected chi connectivity index (χ3v) is 6.03. The third kappa shape index (κ3) is 2.32. The maximum Gasteiger partial charge on any atom is 0.170 e. The highest BCUT2D eigenvalue weighted by Crippen LogP contribution is 2.48. The number of fused-ring (bicyclic) bond motifs is 6. The molecule has 1 aromatic carbocycles. The summed E-state index contributed by atoms with van der Waals surface area (Å²) in [6.45, 7) is 5.08. The first-order valence-corrected chi connectivity index (χ1v) is 9.79. The molecular formula is C21H22N6O. The molecule has 0 spiro atoms. The van der Waals surface area contributed by atoms with Gasteiger partial charge in [0.1, 0.15) is 22.9 Å². The summed E-state index contributed by atoms with van der Waals surface area (Å²) in [7, 11) is 0. The van der Waals surface area contributed by atoms with Crippen LogP contribution in [0.25, 0.3) is 5.69 Å². The zero-order valence-electron chi connectivity index (χ0n) is 16.1. The van der Waals surface area contributed by atoms with Crippen LogP contribution in [0, 0.1) is 6.92 Å². The number of hydrogen-bond acceptors (Lipinski definition) is 6. The lowest BCUT2D eigenvalue weighted by Gasteiger charge is -2.42. The van der Waals surface area contributed by atoms with Crippen LogP contribution in [0.3, 0.4) is 0 Å². The number of carbonyl (C=O) groups is 1. The Bertz CT molecular complexity index is 1060. The summed E-state index contributed by atoms with van der Waals surface area (Å²) in [6, 6.07) is 9.31. The molecule has 2 aliphatic rings. The molecule has 142 valence electrons. The second-order valence-corrected chi connectivity index (χ2v) is 7.51. The van der Waals surface area contributed by atoms with Gasteiger partial charge >= 0.3 is 0 Å². The minimum absolute atomic E-state index is 0.0284. The normalized spacial score (nSPS) is 19.9. The minimum Gasteiger partial charge on any atom is -0.342 e. The van der Waals surface area contributed by atoms with E-state index in [1.165, 1.54) is 0 Å². The van der Waals surface area contributed by atoms with Crippen LogP contribution in [-0.4, -0.2) is 37.1 Å². The van der Waals surface area contributed by atoms with Crippen molar-refractivity contribution < 1.29 is 4.79 Å². The summed E-state index contributed by atoms with van der Waals surface area (Å²) in [5.41, 5.74) is 1.41. The van der Waals surface area contributed by atoms with E-state index in [-0.39, 0.29) is 17.7 Å². The van der Waals surface area contributed by atoms with E-state index in [1.807, 2.05) is 43.5 Å². The Balaban J connectivity index is 1.59. The van der Waals surface area contributed by atoms with Gasteiger partial charge < -0.3 is 4.90 Å². The Kier molecular flexibility index (Phi) is 3.79. The van der Waals surface area contributed by atoms with Crippen LogP contribution in [0.2, 0.25) is 0 Å². The first kappa shape index (κ1) is 17.0.